The number of hydrazine groups is 1. The van der Waals surface area contributed by atoms with Gasteiger partial charge in [-0.05, 0) is 41.6 Å². The second-order valence-corrected chi connectivity index (χ2v) is 5.61. The van der Waals surface area contributed by atoms with Crippen molar-refractivity contribution < 1.29 is 9.47 Å². The summed E-state index contributed by atoms with van der Waals surface area (Å²) in [5.41, 5.74) is 5.11. The Balaban J connectivity index is 1.95. The molecule has 4 nitrogen and oxygen atoms in total. The maximum absolute atomic E-state index is 5.70. The van der Waals surface area contributed by atoms with Gasteiger partial charge in [-0.2, -0.15) is 0 Å². The Morgan fingerprint density at radius 3 is 2.63 bits per heavy atom. The summed E-state index contributed by atoms with van der Waals surface area (Å²) in [6.45, 7) is 3.29. The Kier molecular flexibility index (Phi) is 3.42. The number of rotatable bonds is 3. The lowest BCUT2D eigenvalue weighted by Crippen LogP contribution is -2.28. The molecule has 0 bridgehead atoms. The predicted molar refractivity (Wildman–Crippen MR) is 75.7 cm³/mol. The van der Waals surface area contributed by atoms with Crippen molar-refractivity contribution in [3.8, 4) is 11.5 Å². The van der Waals surface area contributed by atoms with Crippen molar-refractivity contribution in [2.45, 2.75) is 13.0 Å². The van der Waals surface area contributed by atoms with E-state index in [0.717, 1.165) is 17.1 Å². The quantitative estimate of drug-likeness (QED) is 0.667. The molecule has 1 aliphatic heterocycles. The van der Waals surface area contributed by atoms with E-state index < -0.39 is 0 Å². The number of benzene rings is 1. The molecule has 3 rings (SSSR count). The molecule has 1 aliphatic rings. The normalized spacial score (nSPS) is 15.3. The van der Waals surface area contributed by atoms with E-state index in [9.17, 15) is 0 Å². The maximum Gasteiger partial charge on any atom is 0.161 e. The maximum atomic E-state index is 5.70. The smallest absolute Gasteiger partial charge is 0.161 e. The molecule has 0 spiro atoms. The number of ether oxygens (including phenoxy) is 2. The molecule has 3 N–H and O–H groups in total. The van der Waals surface area contributed by atoms with Gasteiger partial charge in [-0.15, -0.1) is 11.3 Å². The van der Waals surface area contributed by atoms with Gasteiger partial charge in [0.05, 0.1) is 6.04 Å². The molecule has 1 aromatic heterocycles. The Bertz CT molecular complexity index is 583. The van der Waals surface area contributed by atoms with Crippen LogP contribution in [-0.4, -0.2) is 13.2 Å². The highest BCUT2D eigenvalue weighted by Gasteiger charge is 2.18. The van der Waals surface area contributed by atoms with Crippen LogP contribution in [0.1, 0.15) is 22.0 Å². The zero-order valence-corrected chi connectivity index (χ0v) is 11.5. The summed E-state index contributed by atoms with van der Waals surface area (Å²) in [4.78, 5) is 1.27. The summed E-state index contributed by atoms with van der Waals surface area (Å²) in [7, 11) is 0. The first-order valence-corrected chi connectivity index (χ1v) is 7.06. The summed E-state index contributed by atoms with van der Waals surface area (Å²) in [6, 6.07) is 8.07. The van der Waals surface area contributed by atoms with Gasteiger partial charge in [-0.1, -0.05) is 6.07 Å². The van der Waals surface area contributed by atoms with Crippen LogP contribution in [0.15, 0.2) is 29.6 Å². The minimum absolute atomic E-state index is 0.0271. The molecule has 100 valence electrons. The zero-order chi connectivity index (χ0) is 13.2. The molecule has 1 atom stereocenters. The van der Waals surface area contributed by atoms with Gasteiger partial charge < -0.3 is 9.47 Å². The van der Waals surface area contributed by atoms with Gasteiger partial charge in [0.15, 0.2) is 11.5 Å². The molecule has 1 aromatic carbocycles. The second kappa shape index (κ2) is 5.21. The highest BCUT2D eigenvalue weighted by molar-refractivity contribution is 7.10. The third-order valence-electron chi connectivity index (χ3n) is 3.15. The summed E-state index contributed by atoms with van der Waals surface area (Å²) in [6.07, 6.45) is 0. The third kappa shape index (κ3) is 2.45. The molecule has 19 heavy (non-hydrogen) atoms. The van der Waals surface area contributed by atoms with Crippen LogP contribution in [0.3, 0.4) is 0 Å². The van der Waals surface area contributed by atoms with Crippen molar-refractivity contribution in [1.82, 2.24) is 5.43 Å². The minimum atomic E-state index is -0.0271. The van der Waals surface area contributed by atoms with Crippen molar-refractivity contribution in [3.05, 3.63) is 45.6 Å². The molecule has 2 aromatic rings. The lowest BCUT2D eigenvalue weighted by molar-refractivity contribution is 0.171. The molecule has 0 amide bonds. The largest absolute Gasteiger partial charge is 0.486 e. The molecular formula is C14H16N2O2S. The zero-order valence-electron chi connectivity index (χ0n) is 10.7. The van der Waals surface area contributed by atoms with Crippen LogP contribution in [0.2, 0.25) is 0 Å². The van der Waals surface area contributed by atoms with E-state index in [0.29, 0.717) is 13.2 Å². The Labute approximate surface area is 116 Å². The van der Waals surface area contributed by atoms with Gasteiger partial charge in [0.2, 0.25) is 0 Å². The topological polar surface area (TPSA) is 56.5 Å². The van der Waals surface area contributed by atoms with E-state index in [1.807, 2.05) is 18.2 Å². The molecule has 1 unspecified atom stereocenters. The van der Waals surface area contributed by atoms with Crippen molar-refractivity contribution >= 4 is 11.3 Å². The first kappa shape index (κ1) is 12.5. The molecule has 0 fully saturated rings. The molecule has 0 aliphatic carbocycles. The lowest BCUT2D eigenvalue weighted by Gasteiger charge is -2.21. The van der Waals surface area contributed by atoms with Gasteiger partial charge in [0.1, 0.15) is 13.2 Å². The third-order valence-corrected chi connectivity index (χ3v) is 4.03. The van der Waals surface area contributed by atoms with Crippen LogP contribution in [0, 0.1) is 6.92 Å². The van der Waals surface area contributed by atoms with Crippen LogP contribution in [-0.2, 0) is 0 Å². The van der Waals surface area contributed by atoms with E-state index in [1.54, 1.807) is 11.3 Å². The van der Waals surface area contributed by atoms with E-state index >= 15 is 0 Å². The number of nitrogens with two attached hydrogens (primary N) is 1. The van der Waals surface area contributed by atoms with E-state index in [2.05, 4.69) is 23.8 Å². The van der Waals surface area contributed by atoms with Crippen LogP contribution < -0.4 is 20.7 Å². The fourth-order valence-electron chi connectivity index (χ4n) is 2.24. The van der Waals surface area contributed by atoms with Crippen molar-refractivity contribution in [2.75, 3.05) is 13.2 Å². The second-order valence-electron chi connectivity index (χ2n) is 4.49. The fraction of sp³-hybridized carbons (Fsp3) is 0.286. The predicted octanol–water partition coefficient (Wildman–Crippen LogP) is 2.38. The number of nitrogens with one attached hydrogen (secondary N) is 1. The highest BCUT2D eigenvalue weighted by Crippen LogP contribution is 2.34. The molecule has 0 radical (unpaired) electrons. The molecular weight excluding hydrogens is 260 g/mol. The van der Waals surface area contributed by atoms with Crippen LogP contribution in [0.5, 0.6) is 11.5 Å². The van der Waals surface area contributed by atoms with Crippen LogP contribution in [0.4, 0.5) is 0 Å². The Morgan fingerprint density at radius 1 is 1.16 bits per heavy atom. The molecule has 2 heterocycles. The summed E-state index contributed by atoms with van der Waals surface area (Å²) in [5, 5.41) is 2.12. The van der Waals surface area contributed by atoms with Crippen molar-refractivity contribution in [1.29, 1.82) is 0 Å². The van der Waals surface area contributed by atoms with Crippen molar-refractivity contribution in [3.63, 3.8) is 0 Å². The lowest BCUT2D eigenvalue weighted by atomic mass is 10.0. The Hall–Kier alpha value is -1.56. The van der Waals surface area contributed by atoms with Gasteiger partial charge in [-0.3, -0.25) is 5.84 Å². The average Bonchev–Trinajstić information content (AvgIpc) is 2.86. The SMILES string of the molecule is Cc1cc(C(NN)c2ccc3c(c2)OCCO3)cs1. The monoisotopic (exact) mass is 276 g/mol. The van der Waals surface area contributed by atoms with E-state index in [-0.39, 0.29) is 6.04 Å². The molecule has 0 saturated heterocycles. The van der Waals surface area contributed by atoms with Crippen molar-refractivity contribution in [2.24, 2.45) is 5.84 Å². The average molecular weight is 276 g/mol. The summed E-state index contributed by atoms with van der Waals surface area (Å²) >= 11 is 1.72. The van der Waals surface area contributed by atoms with Gasteiger partial charge in [-0.25, -0.2) is 5.43 Å². The number of thiophene rings is 1. The van der Waals surface area contributed by atoms with E-state index in [1.165, 1.54) is 10.4 Å². The number of hydrogen-bond acceptors (Lipinski definition) is 5. The fourth-order valence-corrected chi connectivity index (χ4v) is 2.97. The number of fused-ring (bicyclic) bond motifs is 1. The van der Waals surface area contributed by atoms with Gasteiger partial charge in [0, 0.05) is 4.88 Å². The van der Waals surface area contributed by atoms with Gasteiger partial charge in [0.25, 0.3) is 0 Å². The van der Waals surface area contributed by atoms with Crippen LogP contribution in [0.25, 0.3) is 0 Å². The molecule has 0 saturated carbocycles. The standard InChI is InChI=1S/C14H16N2O2S/c1-9-6-11(8-19-9)14(16-15)10-2-3-12-13(7-10)18-5-4-17-12/h2-3,6-8,14,16H,4-5,15H2,1H3. The van der Waals surface area contributed by atoms with Crippen LogP contribution >= 0.6 is 11.3 Å². The summed E-state index contributed by atoms with van der Waals surface area (Å²) in [5.74, 6) is 7.29. The highest BCUT2D eigenvalue weighted by atomic mass is 32.1. The summed E-state index contributed by atoms with van der Waals surface area (Å²) < 4.78 is 11.1. The minimum Gasteiger partial charge on any atom is -0.486 e. The molecule has 5 heteroatoms. The number of hydrogen-bond donors (Lipinski definition) is 2. The first-order valence-electron chi connectivity index (χ1n) is 6.18. The number of aryl methyl sites for hydroxylation is 1. The van der Waals surface area contributed by atoms with Gasteiger partial charge >= 0.3 is 0 Å². The van der Waals surface area contributed by atoms with E-state index in [4.69, 9.17) is 15.3 Å². The first-order chi connectivity index (χ1) is 9.28. The Morgan fingerprint density at radius 2 is 1.95 bits per heavy atom.